The van der Waals surface area contributed by atoms with Crippen LogP contribution in [-0.2, 0) is 15.7 Å². The molecular formula is C21H33BN2O3. The Morgan fingerprint density at radius 1 is 1.19 bits per heavy atom. The van der Waals surface area contributed by atoms with Crippen LogP contribution in [0.15, 0.2) is 18.2 Å². The van der Waals surface area contributed by atoms with E-state index >= 15 is 0 Å². The van der Waals surface area contributed by atoms with Gasteiger partial charge >= 0.3 is 7.12 Å². The Balaban J connectivity index is 1.74. The first-order valence-electron chi connectivity index (χ1n) is 10.1. The average molecular weight is 372 g/mol. The van der Waals surface area contributed by atoms with E-state index in [1.54, 1.807) is 0 Å². The van der Waals surface area contributed by atoms with Crippen molar-refractivity contribution in [3.8, 4) is 0 Å². The summed E-state index contributed by atoms with van der Waals surface area (Å²) in [5.74, 6) is 0.0295. The molecule has 0 saturated carbocycles. The minimum atomic E-state index is -0.397. The Kier molecular flexibility index (Phi) is 5.71. The van der Waals surface area contributed by atoms with Gasteiger partial charge in [-0.1, -0.05) is 19.1 Å². The van der Waals surface area contributed by atoms with Crippen molar-refractivity contribution < 1.29 is 14.1 Å². The van der Waals surface area contributed by atoms with Crippen molar-refractivity contribution >= 4 is 18.5 Å². The number of piperidine rings is 1. The summed E-state index contributed by atoms with van der Waals surface area (Å²) in [4.78, 5) is 15.1. The van der Waals surface area contributed by atoms with E-state index in [2.05, 4.69) is 57.9 Å². The lowest BCUT2D eigenvalue weighted by molar-refractivity contribution is 0.00578. The van der Waals surface area contributed by atoms with Gasteiger partial charge in [-0.05, 0) is 84.2 Å². The van der Waals surface area contributed by atoms with Crippen LogP contribution in [0.2, 0.25) is 0 Å². The van der Waals surface area contributed by atoms with Crippen LogP contribution in [0.1, 0.15) is 63.4 Å². The summed E-state index contributed by atoms with van der Waals surface area (Å²) >= 11 is 0. The Morgan fingerprint density at radius 2 is 1.78 bits per heavy atom. The summed E-state index contributed by atoms with van der Waals surface area (Å²) in [7, 11) is 1.73. The van der Waals surface area contributed by atoms with Gasteiger partial charge in [0.2, 0.25) is 0 Å². The highest BCUT2D eigenvalue weighted by Gasteiger charge is 2.51. The third-order valence-corrected chi connectivity index (χ3v) is 6.33. The Labute approximate surface area is 163 Å². The molecule has 0 aromatic heterocycles. The maximum Gasteiger partial charge on any atom is 0.494 e. The Bertz CT molecular complexity index is 681. The van der Waals surface area contributed by atoms with Crippen molar-refractivity contribution in [2.75, 3.05) is 20.1 Å². The highest BCUT2D eigenvalue weighted by molar-refractivity contribution is 6.62. The fraction of sp³-hybridized carbons (Fsp3) is 0.667. The Hall–Kier alpha value is -1.37. The molecule has 1 amide bonds. The van der Waals surface area contributed by atoms with Crippen LogP contribution in [0.3, 0.4) is 0 Å². The number of nitrogens with one attached hydrogen (secondary N) is 1. The Morgan fingerprint density at radius 3 is 2.33 bits per heavy atom. The number of aryl methyl sites for hydroxylation is 1. The van der Waals surface area contributed by atoms with Crippen LogP contribution < -0.4 is 10.8 Å². The minimum absolute atomic E-state index is 0.0295. The largest absolute Gasteiger partial charge is 0.494 e. The summed E-state index contributed by atoms with van der Waals surface area (Å²) in [6, 6.07) is 6.21. The molecule has 3 rings (SSSR count). The predicted molar refractivity (Wildman–Crippen MR) is 110 cm³/mol. The second-order valence-electron chi connectivity index (χ2n) is 8.91. The molecule has 0 aliphatic carbocycles. The van der Waals surface area contributed by atoms with Gasteiger partial charge in [0.15, 0.2) is 0 Å². The average Bonchev–Trinajstić information content (AvgIpc) is 2.84. The van der Waals surface area contributed by atoms with E-state index in [0.717, 1.165) is 48.9 Å². The van der Waals surface area contributed by atoms with Crippen LogP contribution in [0, 0.1) is 0 Å². The van der Waals surface area contributed by atoms with Gasteiger partial charge in [-0.15, -0.1) is 0 Å². The van der Waals surface area contributed by atoms with Crippen molar-refractivity contribution in [1.29, 1.82) is 0 Å². The zero-order chi connectivity index (χ0) is 19.8. The number of benzene rings is 1. The van der Waals surface area contributed by atoms with E-state index < -0.39 is 7.12 Å². The molecule has 1 aromatic rings. The van der Waals surface area contributed by atoms with E-state index in [-0.39, 0.29) is 23.2 Å². The van der Waals surface area contributed by atoms with Crippen LogP contribution >= 0.6 is 0 Å². The molecular weight excluding hydrogens is 339 g/mol. The normalized spacial score (nSPS) is 22.8. The number of hydrogen-bond donors (Lipinski definition) is 1. The summed E-state index contributed by atoms with van der Waals surface area (Å²) in [5.41, 5.74) is 2.04. The molecule has 27 heavy (non-hydrogen) atoms. The SMILES string of the molecule is CCc1cc(B2OC(C)(C)C(C)(C)O2)ccc1C(=O)NC1CCN(C)CC1. The van der Waals surface area contributed by atoms with Crippen molar-refractivity contribution in [3.05, 3.63) is 29.3 Å². The molecule has 2 aliphatic rings. The molecule has 2 fully saturated rings. The molecule has 2 saturated heterocycles. The van der Waals surface area contributed by atoms with Gasteiger partial charge in [-0.3, -0.25) is 4.79 Å². The molecule has 5 nitrogen and oxygen atoms in total. The van der Waals surface area contributed by atoms with Gasteiger partial charge in [-0.25, -0.2) is 0 Å². The van der Waals surface area contributed by atoms with E-state index in [9.17, 15) is 4.79 Å². The zero-order valence-electron chi connectivity index (χ0n) is 17.6. The van der Waals surface area contributed by atoms with Crippen LogP contribution in [-0.4, -0.2) is 55.3 Å². The maximum absolute atomic E-state index is 12.8. The molecule has 2 aliphatic heterocycles. The van der Waals surface area contributed by atoms with E-state index in [1.807, 2.05) is 12.1 Å². The smallest absolute Gasteiger partial charge is 0.399 e. The van der Waals surface area contributed by atoms with E-state index in [4.69, 9.17) is 9.31 Å². The summed E-state index contributed by atoms with van der Waals surface area (Å²) < 4.78 is 12.3. The van der Waals surface area contributed by atoms with E-state index in [1.165, 1.54) is 0 Å². The molecule has 1 N–H and O–H groups in total. The predicted octanol–water partition coefficient (Wildman–Crippen LogP) is 2.37. The first kappa shape index (κ1) is 20.4. The molecule has 0 spiro atoms. The topological polar surface area (TPSA) is 50.8 Å². The molecule has 1 aromatic carbocycles. The second kappa shape index (κ2) is 7.57. The monoisotopic (exact) mass is 372 g/mol. The van der Waals surface area contributed by atoms with Gasteiger partial charge in [0, 0.05) is 11.6 Å². The lowest BCUT2D eigenvalue weighted by Crippen LogP contribution is -2.43. The highest BCUT2D eigenvalue weighted by atomic mass is 16.7. The fourth-order valence-corrected chi connectivity index (χ4v) is 3.67. The van der Waals surface area contributed by atoms with Crippen molar-refractivity contribution in [2.45, 2.75) is 71.1 Å². The molecule has 0 atom stereocenters. The van der Waals surface area contributed by atoms with Gasteiger partial charge in [0.25, 0.3) is 5.91 Å². The lowest BCUT2D eigenvalue weighted by atomic mass is 9.77. The molecule has 0 unspecified atom stereocenters. The first-order valence-corrected chi connectivity index (χ1v) is 10.1. The first-order chi connectivity index (χ1) is 12.6. The number of hydrogen-bond acceptors (Lipinski definition) is 4. The standard InChI is InChI=1S/C21H33BN2O3/c1-7-15-14-16(22-26-20(2,3)21(4,5)27-22)8-9-18(15)19(25)23-17-10-12-24(6)13-11-17/h8-9,14,17H,7,10-13H2,1-6H3,(H,23,25). The van der Waals surface area contributed by atoms with Crippen molar-refractivity contribution in [3.63, 3.8) is 0 Å². The van der Waals surface area contributed by atoms with E-state index in [0.29, 0.717) is 0 Å². The second-order valence-corrected chi connectivity index (χ2v) is 8.91. The molecule has 2 heterocycles. The van der Waals surface area contributed by atoms with Crippen LogP contribution in [0.4, 0.5) is 0 Å². The summed E-state index contributed by atoms with van der Waals surface area (Å²) in [6.07, 6.45) is 2.81. The number of likely N-dealkylation sites (tertiary alicyclic amines) is 1. The molecule has 148 valence electrons. The third-order valence-electron chi connectivity index (χ3n) is 6.33. The fourth-order valence-electron chi connectivity index (χ4n) is 3.67. The molecule has 6 heteroatoms. The van der Waals surface area contributed by atoms with Gasteiger partial charge < -0.3 is 19.5 Å². The summed E-state index contributed by atoms with van der Waals surface area (Å²) in [6.45, 7) is 12.4. The van der Waals surface area contributed by atoms with Crippen molar-refractivity contribution in [2.24, 2.45) is 0 Å². The van der Waals surface area contributed by atoms with Gasteiger partial charge in [0.1, 0.15) is 0 Å². The van der Waals surface area contributed by atoms with Crippen LogP contribution in [0.25, 0.3) is 0 Å². The lowest BCUT2D eigenvalue weighted by Gasteiger charge is -2.32. The quantitative estimate of drug-likeness (QED) is 0.825. The van der Waals surface area contributed by atoms with Crippen LogP contribution in [0.5, 0.6) is 0 Å². The van der Waals surface area contributed by atoms with Gasteiger partial charge in [0.05, 0.1) is 11.2 Å². The number of rotatable bonds is 4. The number of nitrogens with zero attached hydrogens (tertiary/aromatic N) is 1. The summed E-state index contributed by atoms with van der Waals surface area (Å²) in [5, 5.41) is 3.22. The third kappa shape index (κ3) is 4.23. The number of carbonyl (C=O) groups is 1. The maximum atomic E-state index is 12.8. The molecule has 0 radical (unpaired) electrons. The minimum Gasteiger partial charge on any atom is -0.399 e. The zero-order valence-corrected chi connectivity index (χ0v) is 17.6. The molecule has 0 bridgehead atoms. The van der Waals surface area contributed by atoms with Crippen molar-refractivity contribution in [1.82, 2.24) is 10.2 Å². The number of amides is 1. The van der Waals surface area contributed by atoms with Gasteiger partial charge in [-0.2, -0.15) is 0 Å². The highest BCUT2D eigenvalue weighted by Crippen LogP contribution is 2.36. The number of carbonyl (C=O) groups excluding carboxylic acids is 1.